The van der Waals surface area contributed by atoms with E-state index in [-0.39, 0.29) is 11.6 Å². The number of hydrogen-bond acceptors (Lipinski definition) is 4. The number of nitro benzene ring substituents is 1. The Balaban J connectivity index is 2.18. The van der Waals surface area contributed by atoms with Crippen molar-refractivity contribution < 1.29 is 14.1 Å². The second-order valence-corrected chi connectivity index (χ2v) is 4.97. The fourth-order valence-electron chi connectivity index (χ4n) is 2.28. The van der Waals surface area contributed by atoms with Crippen LogP contribution >= 0.6 is 0 Å². The highest BCUT2D eigenvalue weighted by atomic mass is 19.1. The zero-order valence-electron chi connectivity index (χ0n) is 11.1. The van der Waals surface area contributed by atoms with E-state index in [0.29, 0.717) is 12.5 Å². The minimum Gasteiger partial charge on any atom is -0.348 e. The summed E-state index contributed by atoms with van der Waals surface area (Å²) in [5.74, 6) is -0.988. The third kappa shape index (κ3) is 3.11. The van der Waals surface area contributed by atoms with E-state index in [1.165, 1.54) is 0 Å². The predicted octanol–water partition coefficient (Wildman–Crippen LogP) is 1.46. The molecule has 20 heavy (non-hydrogen) atoms. The lowest BCUT2D eigenvalue weighted by molar-refractivity contribution is -0.385. The minimum atomic E-state index is -0.749. The summed E-state index contributed by atoms with van der Waals surface area (Å²) in [5.41, 5.74) is -0.631. The van der Waals surface area contributed by atoms with Gasteiger partial charge in [-0.25, -0.2) is 4.39 Å². The highest BCUT2D eigenvalue weighted by Crippen LogP contribution is 2.20. The number of carbonyl (C=O) groups is 1. The lowest BCUT2D eigenvalue weighted by atomic mass is 9.94. The molecule has 0 saturated carbocycles. The number of amides is 1. The van der Waals surface area contributed by atoms with E-state index in [0.717, 1.165) is 31.2 Å². The quantitative estimate of drug-likeness (QED) is 0.649. The average Bonchev–Trinajstić information content (AvgIpc) is 2.41. The number of benzene rings is 1. The molecule has 0 bridgehead atoms. The van der Waals surface area contributed by atoms with Crippen LogP contribution in [0.3, 0.4) is 0 Å². The summed E-state index contributed by atoms with van der Waals surface area (Å²) in [6.45, 7) is 3.54. The minimum absolute atomic E-state index is 0.0825. The van der Waals surface area contributed by atoms with Crippen LogP contribution in [0.1, 0.15) is 23.7 Å². The van der Waals surface area contributed by atoms with Crippen LogP contribution in [0.5, 0.6) is 0 Å². The van der Waals surface area contributed by atoms with Gasteiger partial charge >= 0.3 is 0 Å². The molecule has 0 aliphatic carbocycles. The average molecular weight is 281 g/mol. The first-order chi connectivity index (χ1) is 9.49. The van der Waals surface area contributed by atoms with Crippen molar-refractivity contribution >= 4 is 11.6 Å². The van der Waals surface area contributed by atoms with Crippen LogP contribution in [-0.4, -0.2) is 30.0 Å². The molecule has 1 heterocycles. The molecular formula is C13H16FN3O3. The normalized spacial score (nSPS) is 22.3. The maximum absolute atomic E-state index is 13.0. The second kappa shape index (κ2) is 5.96. The van der Waals surface area contributed by atoms with Crippen molar-refractivity contribution in [1.82, 2.24) is 10.6 Å². The maximum atomic E-state index is 13.0. The lowest BCUT2D eigenvalue weighted by Crippen LogP contribution is -2.50. The first-order valence-corrected chi connectivity index (χ1v) is 6.44. The van der Waals surface area contributed by atoms with Crippen LogP contribution in [0.25, 0.3) is 0 Å². The van der Waals surface area contributed by atoms with Crippen LogP contribution in [0.2, 0.25) is 0 Å². The monoisotopic (exact) mass is 281 g/mol. The van der Waals surface area contributed by atoms with Crippen molar-refractivity contribution in [2.75, 3.05) is 13.1 Å². The molecular weight excluding hydrogens is 265 g/mol. The number of rotatable bonds is 3. The molecule has 2 atom stereocenters. The van der Waals surface area contributed by atoms with Gasteiger partial charge in [-0.3, -0.25) is 14.9 Å². The van der Waals surface area contributed by atoms with E-state index in [2.05, 4.69) is 10.6 Å². The van der Waals surface area contributed by atoms with Gasteiger partial charge in [0.05, 0.1) is 11.0 Å². The van der Waals surface area contributed by atoms with Crippen molar-refractivity contribution in [3.8, 4) is 0 Å². The van der Waals surface area contributed by atoms with E-state index >= 15 is 0 Å². The Morgan fingerprint density at radius 2 is 2.30 bits per heavy atom. The smallest absolute Gasteiger partial charge is 0.285 e. The summed E-state index contributed by atoms with van der Waals surface area (Å²) in [6.07, 6.45) is 0.927. The molecule has 1 aliphatic heterocycles. The van der Waals surface area contributed by atoms with Gasteiger partial charge in [-0.2, -0.15) is 0 Å². The first kappa shape index (κ1) is 14.4. The molecule has 108 valence electrons. The van der Waals surface area contributed by atoms with Gasteiger partial charge in [0.2, 0.25) is 0 Å². The fourth-order valence-corrected chi connectivity index (χ4v) is 2.28. The molecule has 1 saturated heterocycles. The van der Waals surface area contributed by atoms with Gasteiger partial charge in [0.1, 0.15) is 11.4 Å². The molecule has 2 unspecified atom stereocenters. The number of nitrogens with one attached hydrogen (secondary N) is 2. The van der Waals surface area contributed by atoms with Gasteiger partial charge in [0.25, 0.3) is 11.6 Å². The summed E-state index contributed by atoms with van der Waals surface area (Å²) in [4.78, 5) is 22.3. The number of piperidine rings is 1. The number of hydrogen-bond donors (Lipinski definition) is 2. The third-order valence-electron chi connectivity index (χ3n) is 3.55. The number of carbonyl (C=O) groups excluding carboxylic acids is 1. The molecule has 1 amide bonds. The zero-order valence-corrected chi connectivity index (χ0v) is 11.1. The fraction of sp³-hybridized carbons (Fsp3) is 0.462. The Morgan fingerprint density at radius 3 is 2.95 bits per heavy atom. The van der Waals surface area contributed by atoms with E-state index in [9.17, 15) is 19.3 Å². The van der Waals surface area contributed by atoms with E-state index < -0.39 is 22.3 Å². The standard InChI is InChI=1S/C13H16FN3O3/c1-8-4-5-15-7-11(8)16-13(18)10-3-2-9(14)6-12(10)17(19)20/h2-3,6,8,11,15H,4-5,7H2,1H3,(H,16,18). The summed E-state index contributed by atoms with van der Waals surface area (Å²) in [6, 6.07) is 2.87. The highest BCUT2D eigenvalue weighted by Gasteiger charge is 2.26. The summed E-state index contributed by atoms with van der Waals surface area (Å²) >= 11 is 0. The molecule has 0 spiro atoms. The van der Waals surface area contributed by atoms with E-state index in [1.54, 1.807) is 0 Å². The topological polar surface area (TPSA) is 84.3 Å². The Labute approximate surface area is 115 Å². The van der Waals surface area contributed by atoms with Crippen LogP contribution in [0.15, 0.2) is 18.2 Å². The summed E-state index contributed by atoms with van der Waals surface area (Å²) in [5, 5.41) is 16.8. The first-order valence-electron chi connectivity index (χ1n) is 6.44. The van der Waals surface area contributed by atoms with Crippen molar-refractivity contribution in [1.29, 1.82) is 0 Å². The van der Waals surface area contributed by atoms with Crippen molar-refractivity contribution in [2.45, 2.75) is 19.4 Å². The van der Waals surface area contributed by atoms with Gasteiger partial charge < -0.3 is 10.6 Å². The molecule has 0 aromatic heterocycles. The largest absolute Gasteiger partial charge is 0.348 e. The predicted molar refractivity (Wildman–Crippen MR) is 71.0 cm³/mol. The van der Waals surface area contributed by atoms with Crippen LogP contribution in [0, 0.1) is 21.8 Å². The molecule has 2 rings (SSSR count). The Bertz CT molecular complexity index is 536. The summed E-state index contributed by atoms with van der Waals surface area (Å²) < 4.78 is 13.0. The molecule has 6 nitrogen and oxygen atoms in total. The van der Waals surface area contributed by atoms with E-state index in [4.69, 9.17) is 0 Å². The van der Waals surface area contributed by atoms with Crippen molar-refractivity contribution in [3.63, 3.8) is 0 Å². The Kier molecular flexibility index (Phi) is 4.29. The van der Waals surface area contributed by atoms with Crippen LogP contribution in [0.4, 0.5) is 10.1 Å². The Hall–Kier alpha value is -2.02. The Morgan fingerprint density at radius 1 is 1.55 bits per heavy atom. The molecule has 0 radical (unpaired) electrons. The maximum Gasteiger partial charge on any atom is 0.285 e. The molecule has 1 aromatic carbocycles. The molecule has 7 heteroatoms. The highest BCUT2D eigenvalue weighted by molar-refractivity contribution is 5.98. The SMILES string of the molecule is CC1CCNCC1NC(=O)c1ccc(F)cc1[N+](=O)[O-]. The molecule has 2 N–H and O–H groups in total. The van der Waals surface area contributed by atoms with Crippen molar-refractivity contribution in [3.05, 3.63) is 39.7 Å². The molecule has 1 fully saturated rings. The third-order valence-corrected chi connectivity index (χ3v) is 3.55. The summed E-state index contributed by atoms with van der Waals surface area (Å²) in [7, 11) is 0. The van der Waals surface area contributed by atoms with Gasteiger partial charge in [0, 0.05) is 12.6 Å². The molecule has 1 aromatic rings. The molecule has 1 aliphatic rings. The van der Waals surface area contributed by atoms with Crippen molar-refractivity contribution in [2.24, 2.45) is 5.92 Å². The van der Waals surface area contributed by atoms with Gasteiger partial charge in [-0.15, -0.1) is 0 Å². The van der Waals surface area contributed by atoms with Gasteiger partial charge in [-0.05, 0) is 31.0 Å². The number of nitrogens with zero attached hydrogens (tertiary/aromatic N) is 1. The van der Waals surface area contributed by atoms with Crippen LogP contribution < -0.4 is 10.6 Å². The van der Waals surface area contributed by atoms with Gasteiger partial charge in [-0.1, -0.05) is 6.92 Å². The zero-order chi connectivity index (χ0) is 14.7. The number of halogens is 1. The number of nitro groups is 1. The van der Waals surface area contributed by atoms with Crippen LogP contribution in [-0.2, 0) is 0 Å². The van der Waals surface area contributed by atoms with Gasteiger partial charge in [0.15, 0.2) is 0 Å². The lowest BCUT2D eigenvalue weighted by Gasteiger charge is -2.30. The van der Waals surface area contributed by atoms with E-state index in [1.807, 2.05) is 6.92 Å². The second-order valence-electron chi connectivity index (χ2n) is 4.97.